The van der Waals surface area contributed by atoms with Gasteiger partial charge in [0, 0.05) is 5.66 Å². The van der Waals surface area contributed by atoms with Crippen LogP contribution in [0.2, 0.25) is 0 Å². The van der Waals surface area contributed by atoms with Gasteiger partial charge in [-0.05, 0) is 18.8 Å². The van der Waals surface area contributed by atoms with Crippen LogP contribution < -0.4 is 0 Å². The van der Waals surface area contributed by atoms with Gasteiger partial charge in [0.25, 0.3) is 0 Å². The third kappa shape index (κ3) is 2.11. The first-order chi connectivity index (χ1) is 4.52. The maximum atomic E-state index is 5.93. The van der Waals surface area contributed by atoms with Crippen molar-refractivity contribution in [1.82, 2.24) is 0 Å². The number of hydrogen-bond acceptors (Lipinski definition) is 1. The molecule has 1 rings (SSSR count). The summed E-state index contributed by atoms with van der Waals surface area (Å²) in [5.74, 6) is 0.654. The second-order valence-electron chi connectivity index (χ2n) is 2.98. The summed E-state index contributed by atoms with van der Waals surface area (Å²) in [5, 5.41) is 0. The van der Waals surface area contributed by atoms with E-state index < -0.39 is 4.74 Å². The molecule has 1 aliphatic rings. The van der Waals surface area contributed by atoms with Crippen LogP contribution in [0.25, 0.3) is 0 Å². The summed E-state index contributed by atoms with van der Waals surface area (Å²) in [6.07, 6.45) is 3.65. The topological polar surface area (TPSA) is 0 Å². The van der Waals surface area contributed by atoms with Crippen molar-refractivity contribution in [1.29, 1.82) is 0 Å². The molecule has 0 aromatic rings. The van der Waals surface area contributed by atoms with Crippen molar-refractivity contribution >= 4 is 39.0 Å². The molecule has 0 aromatic heterocycles. The molecule has 2 atom stereocenters. The van der Waals surface area contributed by atoms with Gasteiger partial charge in [0.05, 0.1) is 0 Å². The van der Waals surface area contributed by atoms with Gasteiger partial charge in [0.15, 0.2) is 0 Å². The normalized spacial score (nSPS) is 34.7. The Morgan fingerprint density at radius 3 is 2.20 bits per heavy atom. The molecule has 1 fully saturated rings. The van der Waals surface area contributed by atoms with Gasteiger partial charge in [-0.1, -0.05) is 47.6 Å². The Kier molecular flexibility index (Phi) is 3.08. The van der Waals surface area contributed by atoms with Crippen molar-refractivity contribution in [2.24, 2.45) is 5.92 Å². The Labute approximate surface area is 76.9 Å². The van der Waals surface area contributed by atoms with E-state index in [1.165, 1.54) is 12.8 Å². The fourth-order valence-corrected chi connectivity index (χ4v) is 5.48. The third-order valence-electron chi connectivity index (χ3n) is 2.20. The molecule has 0 saturated heterocycles. The highest BCUT2D eigenvalue weighted by molar-refractivity contribution is 8.39. The van der Waals surface area contributed by atoms with Gasteiger partial charge in [-0.25, -0.2) is 0 Å². The van der Waals surface area contributed by atoms with Gasteiger partial charge < -0.3 is 0 Å². The van der Waals surface area contributed by atoms with Gasteiger partial charge in [-0.3, -0.25) is 0 Å². The highest BCUT2D eigenvalue weighted by Gasteiger charge is 2.33. The summed E-state index contributed by atoms with van der Waals surface area (Å²) in [7, 11) is 0. The molecule has 0 N–H and O–H groups in total. The minimum absolute atomic E-state index is 0.436. The lowest BCUT2D eigenvalue weighted by atomic mass is 10.1. The molecule has 1 aliphatic carbocycles. The highest BCUT2D eigenvalue weighted by Crippen LogP contribution is 2.66. The second-order valence-corrected chi connectivity index (χ2v) is 11.3. The smallest absolute Gasteiger partial charge is 0.0680 e. The van der Waals surface area contributed by atoms with Crippen LogP contribution in [0.1, 0.15) is 26.2 Å². The first-order valence-electron chi connectivity index (χ1n) is 3.51. The SMILES string of the molecule is C[C@@H]1CCC[C@H]1P(=S)(Cl)Cl. The number of rotatable bonds is 1. The first-order valence-corrected chi connectivity index (χ1v) is 8.19. The molecule has 4 heteroatoms. The molecule has 0 unspecified atom stereocenters. The minimum Gasteiger partial charge on any atom is -0.0680 e. The molecular weight excluding hydrogens is 206 g/mol. The van der Waals surface area contributed by atoms with E-state index in [1.807, 2.05) is 0 Å². The van der Waals surface area contributed by atoms with Gasteiger partial charge in [0.1, 0.15) is 4.74 Å². The molecule has 10 heavy (non-hydrogen) atoms. The largest absolute Gasteiger partial charge is 0.123 e. The maximum absolute atomic E-state index is 5.93. The third-order valence-corrected chi connectivity index (χ3v) is 6.06. The molecule has 0 aromatic carbocycles. The number of hydrogen-bond donors (Lipinski definition) is 0. The van der Waals surface area contributed by atoms with E-state index in [-0.39, 0.29) is 0 Å². The van der Waals surface area contributed by atoms with Crippen LogP contribution in [0, 0.1) is 5.92 Å². The van der Waals surface area contributed by atoms with Crippen molar-refractivity contribution in [3.05, 3.63) is 0 Å². The molecule has 0 bridgehead atoms. The van der Waals surface area contributed by atoms with Crippen LogP contribution >= 0.6 is 27.2 Å². The molecule has 60 valence electrons. The average molecular weight is 217 g/mol. The Bertz CT molecular complexity index is 165. The van der Waals surface area contributed by atoms with Crippen LogP contribution in [-0.2, 0) is 11.8 Å². The summed E-state index contributed by atoms with van der Waals surface area (Å²) in [5.41, 5.74) is 0.436. The van der Waals surface area contributed by atoms with E-state index in [0.29, 0.717) is 11.6 Å². The molecular formula is C6H11Cl2PS. The van der Waals surface area contributed by atoms with Crippen molar-refractivity contribution in [3.8, 4) is 0 Å². The summed E-state index contributed by atoms with van der Waals surface area (Å²) >= 11 is 16.9. The monoisotopic (exact) mass is 216 g/mol. The first kappa shape index (κ1) is 9.32. The summed E-state index contributed by atoms with van der Waals surface area (Å²) in [6, 6.07) is 0. The van der Waals surface area contributed by atoms with Gasteiger partial charge >= 0.3 is 0 Å². The zero-order valence-corrected chi connectivity index (χ0v) is 9.11. The molecule has 0 heterocycles. The van der Waals surface area contributed by atoms with E-state index in [2.05, 4.69) is 6.92 Å². The molecule has 0 aliphatic heterocycles. The lowest BCUT2D eigenvalue weighted by Crippen LogP contribution is -2.05. The Hall–Kier alpha value is 1.23. The van der Waals surface area contributed by atoms with E-state index in [1.54, 1.807) is 0 Å². The van der Waals surface area contributed by atoms with Crippen molar-refractivity contribution < 1.29 is 0 Å². The maximum Gasteiger partial charge on any atom is 0.123 e. The lowest BCUT2D eigenvalue weighted by Gasteiger charge is -2.18. The van der Waals surface area contributed by atoms with E-state index in [0.717, 1.165) is 6.42 Å². The Morgan fingerprint density at radius 2 is 2.00 bits per heavy atom. The van der Waals surface area contributed by atoms with Crippen molar-refractivity contribution in [2.75, 3.05) is 0 Å². The quantitative estimate of drug-likeness (QED) is 0.599. The van der Waals surface area contributed by atoms with Gasteiger partial charge in [-0.15, -0.1) is 0 Å². The van der Waals surface area contributed by atoms with Crippen LogP contribution in [0.3, 0.4) is 0 Å². The summed E-state index contributed by atoms with van der Waals surface area (Å²) < 4.78 is -1.99. The predicted molar refractivity (Wildman–Crippen MR) is 52.8 cm³/mol. The Morgan fingerprint density at radius 1 is 1.40 bits per heavy atom. The minimum atomic E-state index is -1.99. The second kappa shape index (κ2) is 3.31. The standard InChI is InChI=1S/C6H11Cl2PS/c1-5-3-2-4-6(5)9(7,8)10/h5-6H,2-4H2,1H3/t5-,6-/m1/s1. The molecule has 0 nitrogen and oxygen atoms in total. The van der Waals surface area contributed by atoms with Crippen molar-refractivity contribution in [3.63, 3.8) is 0 Å². The fourth-order valence-electron chi connectivity index (χ4n) is 1.57. The van der Waals surface area contributed by atoms with Crippen LogP contribution in [0.15, 0.2) is 0 Å². The molecule has 0 amide bonds. The zero-order chi connectivity index (χ0) is 7.78. The van der Waals surface area contributed by atoms with Crippen molar-refractivity contribution in [2.45, 2.75) is 31.8 Å². The lowest BCUT2D eigenvalue weighted by molar-refractivity contribution is 0.622. The van der Waals surface area contributed by atoms with E-state index in [4.69, 9.17) is 34.3 Å². The van der Waals surface area contributed by atoms with E-state index in [9.17, 15) is 0 Å². The summed E-state index contributed by atoms with van der Waals surface area (Å²) in [6.45, 7) is 2.20. The molecule has 0 spiro atoms. The fraction of sp³-hybridized carbons (Fsp3) is 1.00. The average Bonchev–Trinajstić information content (AvgIpc) is 2.11. The molecule has 0 radical (unpaired) electrons. The van der Waals surface area contributed by atoms with Crippen LogP contribution in [0.5, 0.6) is 0 Å². The van der Waals surface area contributed by atoms with E-state index >= 15 is 0 Å². The van der Waals surface area contributed by atoms with Crippen LogP contribution in [-0.4, -0.2) is 5.66 Å². The van der Waals surface area contributed by atoms with Gasteiger partial charge in [-0.2, -0.15) is 0 Å². The van der Waals surface area contributed by atoms with Gasteiger partial charge in [0.2, 0.25) is 0 Å². The highest BCUT2D eigenvalue weighted by atomic mass is 35.9. The zero-order valence-electron chi connectivity index (χ0n) is 5.89. The van der Waals surface area contributed by atoms with Crippen LogP contribution in [0.4, 0.5) is 0 Å². The molecule has 1 saturated carbocycles. The predicted octanol–water partition coefficient (Wildman–Crippen LogP) is 3.96. The number of halogens is 2. The Balaban J connectivity index is 2.64. The summed E-state index contributed by atoms with van der Waals surface area (Å²) in [4.78, 5) is 0.